The lowest BCUT2D eigenvalue weighted by Crippen LogP contribution is -2.32. The van der Waals surface area contributed by atoms with Gasteiger partial charge in [0.25, 0.3) is 5.91 Å². The summed E-state index contributed by atoms with van der Waals surface area (Å²) in [4.78, 5) is 38.4. The highest BCUT2D eigenvalue weighted by Crippen LogP contribution is 2.26. The Hall–Kier alpha value is -3.42. The standard InChI is InChI=1S/C21H23N5O3/c1-13(2)24-21(28)29-17-12-23-19-18(17)25-16(11-22-19)14-6-5-7-15(10-14)20(27)26-8-3-4-9-26/h5-7,10-13H,3-4,8-9H2,1-2H3,(H,22,23)(H,24,28). The maximum atomic E-state index is 12.7. The molecule has 2 amide bonds. The minimum atomic E-state index is -0.550. The maximum Gasteiger partial charge on any atom is 0.412 e. The zero-order valence-electron chi connectivity index (χ0n) is 16.4. The minimum absolute atomic E-state index is 0.0365. The van der Waals surface area contributed by atoms with E-state index < -0.39 is 6.09 Å². The van der Waals surface area contributed by atoms with Gasteiger partial charge in [-0.3, -0.25) is 4.79 Å². The van der Waals surface area contributed by atoms with E-state index >= 15 is 0 Å². The number of rotatable bonds is 4. The van der Waals surface area contributed by atoms with E-state index in [1.807, 2.05) is 43.0 Å². The van der Waals surface area contributed by atoms with Crippen LogP contribution in [0.15, 0.2) is 36.7 Å². The summed E-state index contributed by atoms with van der Waals surface area (Å²) in [6, 6.07) is 7.33. The van der Waals surface area contributed by atoms with Crippen LogP contribution >= 0.6 is 0 Å². The molecule has 150 valence electrons. The fraction of sp³-hybridized carbons (Fsp3) is 0.333. The second-order valence-corrected chi connectivity index (χ2v) is 7.37. The lowest BCUT2D eigenvalue weighted by molar-refractivity contribution is 0.0793. The van der Waals surface area contributed by atoms with Gasteiger partial charge in [0.15, 0.2) is 16.9 Å². The number of carbonyl (C=O) groups is 2. The first-order valence-corrected chi connectivity index (χ1v) is 9.73. The van der Waals surface area contributed by atoms with Crippen LogP contribution in [0.1, 0.15) is 37.0 Å². The fourth-order valence-electron chi connectivity index (χ4n) is 3.37. The number of ether oxygens (including phenoxy) is 1. The van der Waals surface area contributed by atoms with E-state index in [4.69, 9.17) is 4.74 Å². The minimum Gasteiger partial charge on any atom is -0.406 e. The molecule has 1 aliphatic rings. The highest BCUT2D eigenvalue weighted by molar-refractivity contribution is 5.95. The van der Waals surface area contributed by atoms with Crippen molar-refractivity contribution in [3.05, 3.63) is 42.2 Å². The quantitative estimate of drug-likeness (QED) is 0.708. The number of carbonyl (C=O) groups excluding carboxylic acids is 2. The van der Waals surface area contributed by atoms with Crippen molar-refractivity contribution in [2.45, 2.75) is 32.7 Å². The Balaban J connectivity index is 1.62. The smallest absolute Gasteiger partial charge is 0.406 e. The molecule has 3 aromatic rings. The largest absolute Gasteiger partial charge is 0.412 e. The van der Waals surface area contributed by atoms with Crippen molar-refractivity contribution in [3.63, 3.8) is 0 Å². The zero-order chi connectivity index (χ0) is 20.4. The van der Waals surface area contributed by atoms with E-state index in [0.717, 1.165) is 31.5 Å². The Kier molecular flexibility index (Phi) is 5.16. The highest BCUT2D eigenvalue weighted by Gasteiger charge is 2.20. The van der Waals surface area contributed by atoms with E-state index in [1.54, 1.807) is 12.4 Å². The molecule has 0 saturated carbocycles. The van der Waals surface area contributed by atoms with Gasteiger partial charge in [-0.25, -0.2) is 14.8 Å². The Morgan fingerprint density at radius 3 is 2.79 bits per heavy atom. The molecular formula is C21H23N5O3. The predicted molar refractivity (Wildman–Crippen MR) is 109 cm³/mol. The van der Waals surface area contributed by atoms with Gasteiger partial charge in [-0.2, -0.15) is 0 Å². The van der Waals surface area contributed by atoms with Crippen LogP contribution in [0.3, 0.4) is 0 Å². The summed E-state index contributed by atoms with van der Waals surface area (Å²) >= 11 is 0. The summed E-state index contributed by atoms with van der Waals surface area (Å²) in [6.45, 7) is 5.31. The first kappa shape index (κ1) is 18.9. The van der Waals surface area contributed by atoms with Gasteiger partial charge in [-0.05, 0) is 38.8 Å². The Morgan fingerprint density at radius 2 is 2.03 bits per heavy atom. The van der Waals surface area contributed by atoms with Gasteiger partial charge in [-0.15, -0.1) is 0 Å². The molecule has 1 aliphatic heterocycles. The molecule has 0 atom stereocenters. The number of hydrogen-bond donors (Lipinski definition) is 2. The Labute approximate surface area is 168 Å². The van der Waals surface area contributed by atoms with Crippen LogP contribution in [0.25, 0.3) is 22.4 Å². The van der Waals surface area contributed by atoms with Gasteiger partial charge in [0, 0.05) is 36.5 Å². The van der Waals surface area contributed by atoms with Crippen molar-refractivity contribution in [1.29, 1.82) is 0 Å². The molecule has 2 aromatic heterocycles. The van der Waals surface area contributed by atoms with Gasteiger partial charge >= 0.3 is 6.09 Å². The molecule has 2 N–H and O–H groups in total. The summed E-state index contributed by atoms with van der Waals surface area (Å²) in [7, 11) is 0. The molecule has 0 unspecified atom stereocenters. The number of H-pyrrole nitrogens is 1. The number of nitrogens with one attached hydrogen (secondary N) is 2. The summed E-state index contributed by atoms with van der Waals surface area (Å²) in [5.74, 6) is 0.339. The number of aromatic amines is 1. The number of hydrogen-bond acceptors (Lipinski definition) is 5. The summed E-state index contributed by atoms with van der Waals surface area (Å²) < 4.78 is 5.35. The molecule has 0 aliphatic carbocycles. The molecule has 1 saturated heterocycles. The van der Waals surface area contributed by atoms with E-state index in [9.17, 15) is 9.59 Å². The molecule has 0 bridgehead atoms. The van der Waals surface area contributed by atoms with Crippen molar-refractivity contribution in [2.24, 2.45) is 0 Å². The van der Waals surface area contributed by atoms with Crippen molar-refractivity contribution < 1.29 is 14.3 Å². The molecule has 0 radical (unpaired) electrons. The lowest BCUT2D eigenvalue weighted by atomic mass is 10.1. The van der Waals surface area contributed by atoms with Crippen molar-refractivity contribution in [2.75, 3.05) is 13.1 Å². The first-order valence-electron chi connectivity index (χ1n) is 9.73. The number of nitrogens with zero attached hydrogens (tertiary/aromatic N) is 3. The van der Waals surface area contributed by atoms with Crippen LogP contribution in [0, 0.1) is 0 Å². The van der Waals surface area contributed by atoms with Crippen molar-refractivity contribution in [1.82, 2.24) is 25.2 Å². The van der Waals surface area contributed by atoms with Crippen molar-refractivity contribution in [3.8, 4) is 17.0 Å². The predicted octanol–water partition coefficient (Wildman–Crippen LogP) is 3.36. The third-order valence-corrected chi connectivity index (χ3v) is 4.75. The van der Waals surface area contributed by atoms with Crippen LogP contribution in [-0.4, -0.2) is 51.0 Å². The van der Waals surface area contributed by atoms with E-state index in [0.29, 0.717) is 28.2 Å². The van der Waals surface area contributed by atoms with Gasteiger partial charge < -0.3 is 19.9 Å². The fourth-order valence-corrected chi connectivity index (χ4v) is 3.37. The van der Waals surface area contributed by atoms with Crippen molar-refractivity contribution >= 4 is 23.2 Å². The number of amides is 2. The SMILES string of the molecule is CC(C)NC(=O)Oc1c[nH]c2ncc(-c3cccc(C(=O)N4CCCC4)c3)nc12. The molecule has 8 nitrogen and oxygen atoms in total. The second-order valence-electron chi connectivity index (χ2n) is 7.37. The average Bonchev–Trinajstić information content (AvgIpc) is 3.37. The van der Waals surface area contributed by atoms with Crippen LogP contribution in [-0.2, 0) is 0 Å². The monoisotopic (exact) mass is 393 g/mol. The molecular weight excluding hydrogens is 370 g/mol. The Morgan fingerprint density at radius 1 is 1.24 bits per heavy atom. The van der Waals surface area contributed by atoms with E-state index in [2.05, 4.69) is 20.3 Å². The normalized spacial score (nSPS) is 13.8. The molecule has 8 heteroatoms. The zero-order valence-corrected chi connectivity index (χ0v) is 16.4. The number of benzene rings is 1. The molecule has 29 heavy (non-hydrogen) atoms. The molecule has 1 fully saturated rings. The summed E-state index contributed by atoms with van der Waals surface area (Å²) in [6.07, 6.45) is 4.74. The van der Waals surface area contributed by atoms with E-state index in [-0.39, 0.29) is 11.9 Å². The summed E-state index contributed by atoms with van der Waals surface area (Å²) in [5.41, 5.74) is 2.99. The van der Waals surface area contributed by atoms with Crippen LogP contribution < -0.4 is 10.1 Å². The first-order chi connectivity index (χ1) is 14.0. The number of likely N-dealkylation sites (tertiary alicyclic amines) is 1. The van der Waals surface area contributed by atoms with Gasteiger partial charge in [0.05, 0.1) is 11.9 Å². The van der Waals surface area contributed by atoms with Crippen LogP contribution in [0.5, 0.6) is 5.75 Å². The molecule has 1 aromatic carbocycles. The number of aromatic nitrogens is 3. The molecule has 4 rings (SSSR count). The summed E-state index contributed by atoms with van der Waals surface area (Å²) in [5, 5.41) is 2.67. The Bertz CT molecular complexity index is 1050. The second kappa shape index (κ2) is 7.90. The van der Waals surface area contributed by atoms with Gasteiger partial charge in [0.1, 0.15) is 0 Å². The lowest BCUT2D eigenvalue weighted by Gasteiger charge is -2.15. The average molecular weight is 393 g/mol. The van der Waals surface area contributed by atoms with Gasteiger partial charge in [0.2, 0.25) is 0 Å². The highest BCUT2D eigenvalue weighted by atomic mass is 16.6. The van der Waals surface area contributed by atoms with Gasteiger partial charge in [-0.1, -0.05) is 12.1 Å². The third kappa shape index (κ3) is 4.06. The van der Waals surface area contributed by atoms with Crippen LogP contribution in [0.2, 0.25) is 0 Å². The van der Waals surface area contributed by atoms with Crippen LogP contribution in [0.4, 0.5) is 4.79 Å². The third-order valence-electron chi connectivity index (χ3n) is 4.75. The molecule has 0 spiro atoms. The topological polar surface area (TPSA) is 100 Å². The van der Waals surface area contributed by atoms with E-state index in [1.165, 1.54) is 0 Å². The maximum absolute atomic E-state index is 12.7. The number of fused-ring (bicyclic) bond motifs is 1. The molecule has 3 heterocycles.